The lowest BCUT2D eigenvalue weighted by Gasteiger charge is -2.53. The average molecular weight is 2040 g/mol. The predicted octanol–water partition coefficient (Wildman–Crippen LogP) is 14.7. The molecule has 6 atom stereocenters. The first-order valence-electron chi connectivity index (χ1n) is 47.9. The summed E-state index contributed by atoms with van der Waals surface area (Å²) in [6.07, 6.45) is 8.41. The van der Waals surface area contributed by atoms with Crippen LogP contribution in [0.2, 0.25) is 10.0 Å². The van der Waals surface area contributed by atoms with Gasteiger partial charge in [-0.2, -0.15) is 0 Å². The fraction of sp³-hybridized carbons (Fsp3) is 0.336. The van der Waals surface area contributed by atoms with Gasteiger partial charge in [-0.3, -0.25) is 86.5 Å². The van der Waals surface area contributed by atoms with Gasteiger partial charge in [0.1, 0.15) is 81.4 Å². The van der Waals surface area contributed by atoms with Gasteiger partial charge in [0.15, 0.2) is 11.6 Å². The zero-order chi connectivity index (χ0) is 104. The maximum absolute atomic E-state index is 17.5. The van der Waals surface area contributed by atoms with Crippen LogP contribution in [0.5, 0.6) is 17.2 Å². The molecule has 7 aromatic heterocycles. The van der Waals surface area contributed by atoms with E-state index >= 15 is 40.7 Å². The Kier molecular flexibility index (Phi) is 26.2. The summed E-state index contributed by atoms with van der Waals surface area (Å²) >= 11 is 13.7. The number of benzene rings is 5. The van der Waals surface area contributed by atoms with Gasteiger partial charge >= 0.3 is 0 Å². The number of amides is 6. The van der Waals surface area contributed by atoms with Crippen LogP contribution in [0.4, 0.5) is 60.5 Å². The molecule has 756 valence electrons. The van der Waals surface area contributed by atoms with E-state index in [1.165, 1.54) is 78.5 Å². The Morgan fingerprint density at radius 2 is 0.788 bits per heavy atom. The molecule has 5 aromatic carbocycles. The van der Waals surface area contributed by atoms with Gasteiger partial charge in [-0.1, -0.05) is 103 Å². The van der Waals surface area contributed by atoms with E-state index in [9.17, 15) is 44.1 Å². The maximum Gasteiger partial charge on any atom is 0.283 e. The van der Waals surface area contributed by atoms with Crippen molar-refractivity contribution in [1.29, 1.82) is 0 Å². The SMILES string of the molecule is C=CC(=O)N1CC2C(=O)N(C3CN(C)C3)c3c(c4cc(Cl)c(-c5c(O)cccc5F)nc4n(-c4cccnc4C(C)C)c3=O)N2CC1C.C=CC(=O)N1CC2C(=O)N(C3COC3)c3c(c4cc(Cl)c(-c5c(O)cccc5F)c(F)c4n(-c4c(C)ccnc4C(C)C)c3=O)N2CC1C.C=CC(=O)N1CC2C(=O)N(C3COC3)c3c(c4cc(F)c(-c5c(O)cccc5F)c(F)c4n(-c4c(C)ccnc4C(C)C)c3=O)N2CC1C. The highest BCUT2D eigenvalue weighted by Gasteiger charge is 2.56. The summed E-state index contributed by atoms with van der Waals surface area (Å²) in [5, 5.41) is 32.5. The molecule has 6 saturated heterocycles. The monoisotopic (exact) mass is 2030 g/mol. The molecule has 0 radical (unpaired) electrons. The Morgan fingerprint density at radius 1 is 0.418 bits per heavy atom. The van der Waals surface area contributed by atoms with E-state index in [2.05, 4.69) is 39.6 Å². The Bertz CT molecular complexity index is 7440. The number of rotatable bonds is 15. The number of fused-ring (bicyclic) bond motifs is 15. The van der Waals surface area contributed by atoms with E-state index in [1.54, 1.807) is 94.2 Å². The number of phenolic OH excluding ortho intramolecular Hbond substituents is 3. The molecule has 9 aliphatic heterocycles. The Labute approximate surface area is 843 Å². The summed E-state index contributed by atoms with van der Waals surface area (Å²) in [6, 6.07) is 16.5. The van der Waals surface area contributed by atoms with Gasteiger partial charge in [-0.05, 0) is 168 Å². The summed E-state index contributed by atoms with van der Waals surface area (Å²) in [4.78, 5) is 162. The smallest absolute Gasteiger partial charge is 0.283 e. The van der Waals surface area contributed by atoms with Crippen molar-refractivity contribution in [3.63, 3.8) is 0 Å². The lowest BCUT2D eigenvalue weighted by molar-refractivity contribution is -0.133. The number of likely N-dealkylation sites (tertiary alicyclic amines) is 1. The summed E-state index contributed by atoms with van der Waals surface area (Å²) in [5.41, 5.74) is -0.400. The van der Waals surface area contributed by atoms with Crippen molar-refractivity contribution in [2.75, 3.05) is 115 Å². The van der Waals surface area contributed by atoms with E-state index < -0.39 is 139 Å². The highest BCUT2D eigenvalue weighted by Crippen LogP contribution is 2.54. The lowest BCUT2D eigenvalue weighted by Crippen LogP contribution is -2.71. The lowest BCUT2D eigenvalue weighted by atomic mass is 9.93. The second-order valence-electron chi connectivity index (χ2n) is 39.1. The third kappa shape index (κ3) is 16.0. The van der Waals surface area contributed by atoms with Crippen LogP contribution in [-0.4, -0.2) is 244 Å². The molecular weight excluding hydrogens is 1930 g/mol. The molecule has 16 heterocycles. The molecule has 21 rings (SSSR count). The topological polar surface area (TPSA) is 332 Å². The van der Waals surface area contributed by atoms with Crippen molar-refractivity contribution in [2.24, 2.45) is 0 Å². The molecule has 6 fully saturated rings. The third-order valence-electron chi connectivity index (χ3n) is 28.9. The fourth-order valence-electron chi connectivity index (χ4n) is 21.9. The molecule has 6 unspecified atom stereocenters. The minimum absolute atomic E-state index is 0.00441. The third-order valence-corrected chi connectivity index (χ3v) is 29.5. The molecule has 12 aromatic rings. The number of hydrogen-bond donors (Lipinski definition) is 3. The number of ether oxygens (including phenoxy) is 2. The number of nitrogens with zero attached hydrogens (tertiary/aromatic N) is 17. The van der Waals surface area contributed by atoms with Crippen LogP contribution in [0.15, 0.2) is 168 Å². The summed E-state index contributed by atoms with van der Waals surface area (Å²) in [7, 11) is 1.94. The number of carbonyl (C=O) groups is 6. The van der Waals surface area contributed by atoms with Crippen LogP contribution in [0.3, 0.4) is 0 Å². The van der Waals surface area contributed by atoms with Gasteiger partial charge in [0.2, 0.25) is 17.7 Å². The number of pyridine rings is 7. The van der Waals surface area contributed by atoms with Crippen molar-refractivity contribution in [3.8, 4) is 67.8 Å². The van der Waals surface area contributed by atoms with Crippen LogP contribution < -0.4 is 46.1 Å². The normalized spacial score (nSPS) is 19.4. The number of aromatic nitrogens is 7. The van der Waals surface area contributed by atoms with Crippen molar-refractivity contribution < 1.29 is 79.9 Å². The molecule has 0 spiro atoms. The quantitative estimate of drug-likeness (QED) is 0.0634. The standard InChI is InChI=1S/C36H34ClF2N5O5.C36H34F3N5O5.C35H35ClFN7O4/c1-6-26(46)41-14-24-35(47)43(20-15-49-16-20)34-33(42(24)13-19(41)5)21-12-22(37)27(28-23(38)8-7-9-25(28)45)29(39)32(21)44(36(34)48)31-18(4)10-11-40-30(31)17(2)3;1-6-26(46)41-14-24-35(47)43(20-15-49-16-20)34-33(42(24)13-19(41)5)21-12-23(38)28(27-22(37)8-7-9-25(27)45)29(39)32(21)44(36(34)48)31-18(4)10-11-40-30(31)17(2)3;1-6-27(46)41-17-25-34(47)43(20-15-40(5)16-20)32-31(42(25)14-19(41)4)21-13-22(36)30(28-23(37)9-7-11-26(28)45)39-33(21)44(35(32)48)24-10-8-12-38-29(24)18(2)3/h2*6-12,17,19-20,24,45H,1,13-16H2,2-5H3;6-13,18-20,25,45H,1,14-17H2,2-5H3. The van der Waals surface area contributed by atoms with E-state index in [1.807, 2.05) is 67.3 Å². The van der Waals surface area contributed by atoms with Crippen LogP contribution >= 0.6 is 23.2 Å². The number of halogens is 8. The number of phenols is 3. The number of aryl methyl sites for hydroxylation is 2. The summed E-state index contributed by atoms with van der Waals surface area (Å²) < 4.78 is 112. The highest BCUT2D eigenvalue weighted by molar-refractivity contribution is 6.35. The average Bonchev–Trinajstić information content (AvgIpc) is 0.697. The molecular formula is C107H103Cl2F6N17O14. The molecule has 0 bridgehead atoms. The largest absolute Gasteiger partial charge is 0.507 e. The Balaban J connectivity index is 0.000000138. The molecule has 9 aliphatic rings. The molecule has 3 N–H and O–H groups in total. The zero-order valence-electron chi connectivity index (χ0n) is 81.7. The molecule has 31 nitrogen and oxygen atoms in total. The van der Waals surface area contributed by atoms with Crippen LogP contribution in [0.1, 0.15) is 108 Å². The summed E-state index contributed by atoms with van der Waals surface area (Å²) in [6.45, 7) is 33.4. The second kappa shape index (κ2) is 38.3. The van der Waals surface area contributed by atoms with Crippen LogP contribution in [0.25, 0.3) is 83.4 Å². The molecule has 39 heteroatoms. The number of aromatic hydroxyl groups is 3. The summed E-state index contributed by atoms with van der Waals surface area (Å²) in [5.74, 6) is -10.5. The van der Waals surface area contributed by atoms with Crippen molar-refractivity contribution >= 4 is 126 Å². The van der Waals surface area contributed by atoms with E-state index in [0.717, 1.165) is 34.9 Å². The van der Waals surface area contributed by atoms with Gasteiger partial charge in [0, 0.05) is 91.2 Å². The maximum atomic E-state index is 17.5. The minimum atomic E-state index is -1.28. The first kappa shape index (κ1) is 99.9. The van der Waals surface area contributed by atoms with Crippen LogP contribution in [-0.2, 0) is 38.2 Å². The first-order valence-corrected chi connectivity index (χ1v) is 48.7. The molecule has 6 amide bonds. The number of hydrogen-bond acceptors (Lipinski definition) is 22. The molecule has 0 aliphatic carbocycles. The first-order chi connectivity index (χ1) is 69.7. The van der Waals surface area contributed by atoms with E-state index in [-0.39, 0.29) is 208 Å². The number of carbonyl (C=O) groups excluding carboxylic acids is 6. The second-order valence-corrected chi connectivity index (χ2v) is 39.9. The van der Waals surface area contributed by atoms with Crippen LogP contribution in [0, 0.1) is 48.8 Å². The van der Waals surface area contributed by atoms with Gasteiger partial charge in [0.05, 0.1) is 164 Å². The minimum Gasteiger partial charge on any atom is -0.507 e. The zero-order valence-corrected chi connectivity index (χ0v) is 83.2. The number of likely N-dealkylation sites (N-methyl/N-ethyl adjacent to an activating group) is 1. The Hall–Kier alpha value is -14.8. The van der Waals surface area contributed by atoms with Crippen molar-refractivity contribution in [1.82, 2.24) is 53.2 Å². The molecule has 146 heavy (non-hydrogen) atoms. The van der Waals surface area contributed by atoms with Gasteiger partial charge < -0.3 is 59.1 Å². The van der Waals surface area contributed by atoms with Gasteiger partial charge in [0.25, 0.3) is 34.4 Å². The fourth-order valence-corrected chi connectivity index (χ4v) is 22.4. The van der Waals surface area contributed by atoms with Gasteiger partial charge in [-0.25, -0.2) is 31.3 Å². The van der Waals surface area contributed by atoms with Crippen molar-refractivity contribution in [3.05, 3.63) is 258 Å². The Morgan fingerprint density at radius 3 is 1.18 bits per heavy atom. The number of piperazine rings is 3. The molecule has 0 saturated carbocycles. The van der Waals surface area contributed by atoms with E-state index in [0.29, 0.717) is 63.7 Å². The van der Waals surface area contributed by atoms with Gasteiger partial charge in [-0.15, -0.1) is 0 Å². The van der Waals surface area contributed by atoms with Crippen molar-refractivity contribution in [2.45, 2.75) is 148 Å². The highest BCUT2D eigenvalue weighted by atomic mass is 35.5. The van der Waals surface area contributed by atoms with E-state index in [4.69, 9.17) is 37.7 Å². The predicted molar refractivity (Wildman–Crippen MR) is 543 cm³/mol. The number of anilines is 6.